The molecule has 0 saturated carbocycles. The van der Waals surface area contributed by atoms with Gasteiger partial charge in [0.05, 0.1) is 5.75 Å². The van der Waals surface area contributed by atoms with Gasteiger partial charge in [0.1, 0.15) is 0 Å². The standard InChI is InChI=1S/C13H15N5O2S/c1-8-3-5-9(6-4-8)11-16-13(18-17-11)21-7-10(19)15-12(20)14-2/h3-6H,7H2,1-2H3,(H,16,17,18)(H2,14,15,19,20). The molecule has 0 radical (unpaired) electrons. The van der Waals surface area contributed by atoms with Crippen molar-refractivity contribution in [3.63, 3.8) is 0 Å². The third-order valence-electron chi connectivity index (χ3n) is 2.60. The third kappa shape index (κ3) is 4.32. The molecule has 0 atom stereocenters. The Balaban J connectivity index is 1.93. The first-order chi connectivity index (χ1) is 10.1. The molecule has 1 heterocycles. The number of aromatic nitrogens is 3. The minimum atomic E-state index is -0.532. The largest absolute Gasteiger partial charge is 0.341 e. The van der Waals surface area contributed by atoms with E-state index in [0.717, 1.165) is 17.3 Å². The summed E-state index contributed by atoms with van der Waals surface area (Å²) in [6.45, 7) is 2.01. The van der Waals surface area contributed by atoms with Gasteiger partial charge in [0.25, 0.3) is 0 Å². The molecule has 7 nitrogen and oxygen atoms in total. The highest BCUT2D eigenvalue weighted by molar-refractivity contribution is 7.99. The first kappa shape index (κ1) is 15.0. The Kier molecular flexibility index (Phi) is 4.94. The molecule has 0 saturated heterocycles. The number of H-pyrrole nitrogens is 1. The molecular formula is C13H15N5O2S. The zero-order chi connectivity index (χ0) is 15.2. The first-order valence-corrected chi connectivity index (χ1v) is 7.21. The summed E-state index contributed by atoms with van der Waals surface area (Å²) in [5.41, 5.74) is 2.09. The van der Waals surface area contributed by atoms with Crippen molar-refractivity contribution in [2.75, 3.05) is 12.8 Å². The van der Waals surface area contributed by atoms with Crippen LogP contribution in [0.5, 0.6) is 0 Å². The Morgan fingerprint density at radius 2 is 2.00 bits per heavy atom. The lowest BCUT2D eigenvalue weighted by atomic mass is 10.1. The van der Waals surface area contributed by atoms with E-state index < -0.39 is 11.9 Å². The monoisotopic (exact) mass is 305 g/mol. The van der Waals surface area contributed by atoms with Crippen LogP contribution in [0.15, 0.2) is 29.4 Å². The Bertz CT molecular complexity index is 638. The Morgan fingerprint density at radius 1 is 1.29 bits per heavy atom. The number of hydrogen-bond acceptors (Lipinski definition) is 5. The number of aromatic amines is 1. The van der Waals surface area contributed by atoms with Crippen LogP contribution >= 0.6 is 11.8 Å². The van der Waals surface area contributed by atoms with Gasteiger partial charge in [-0.2, -0.15) is 0 Å². The summed E-state index contributed by atoms with van der Waals surface area (Å²) in [4.78, 5) is 26.7. The van der Waals surface area contributed by atoms with Crippen LogP contribution in [0.25, 0.3) is 11.4 Å². The van der Waals surface area contributed by atoms with Crippen LogP contribution in [0.3, 0.4) is 0 Å². The number of carbonyl (C=O) groups excluding carboxylic acids is 2. The molecule has 3 amide bonds. The van der Waals surface area contributed by atoms with Crippen molar-refractivity contribution in [3.05, 3.63) is 29.8 Å². The summed E-state index contributed by atoms with van der Waals surface area (Å²) in [6, 6.07) is 7.34. The lowest BCUT2D eigenvalue weighted by molar-refractivity contribution is -0.117. The van der Waals surface area contributed by atoms with Gasteiger partial charge in [0.15, 0.2) is 5.82 Å². The van der Waals surface area contributed by atoms with E-state index in [2.05, 4.69) is 25.8 Å². The molecule has 0 aliphatic rings. The average Bonchev–Trinajstić information content (AvgIpc) is 2.94. The number of nitrogens with one attached hydrogen (secondary N) is 3. The number of hydrogen-bond donors (Lipinski definition) is 3. The quantitative estimate of drug-likeness (QED) is 0.740. The zero-order valence-electron chi connectivity index (χ0n) is 11.6. The fourth-order valence-corrected chi connectivity index (χ4v) is 2.11. The lowest BCUT2D eigenvalue weighted by Gasteiger charge is -2.00. The number of benzene rings is 1. The number of amides is 3. The second kappa shape index (κ2) is 6.89. The molecule has 110 valence electrons. The Labute approximate surface area is 125 Å². The van der Waals surface area contributed by atoms with Crippen LogP contribution in [0.1, 0.15) is 5.56 Å². The molecular weight excluding hydrogens is 290 g/mol. The highest BCUT2D eigenvalue weighted by Gasteiger charge is 2.10. The summed E-state index contributed by atoms with van der Waals surface area (Å²) in [6.07, 6.45) is 0. The number of thioether (sulfide) groups is 1. The second-order valence-corrected chi connectivity index (χ2v) is 5.19. The number of aryl methyl sites for hydroxylation is 1. The van der Waals surface area contributed by atoms with E-state index in [1.807, 2.05) is 31.2 Å². The second-order valence-electron chi connectivity index (χ2n) is 4.25. The maximum absolute atomic E-state index is 11.4. The van der Waals surface area contributed by atoms with E-state index in [-0.39, 0.29) is 5.75 Å². The van der Waals surface area contributed by atoms with E-state index >= 15 is 0 Å². The third-order valence-corrected chi connectivity index (χ3v) is 3.45. The van der Waals surface area contributed by atoms with Crippen LogP contribution in [0, 0.1) is 6.92 Å². The SMILES string of the molecule is CNC(=O)NC(=O)CSc1n[nH]c(-c2ccc(C)cc2)n1. The topological polar surface area (TPSA) is 99.8 Å². The van der Waals surface area contributed by atoms with Crippen molar-refractivity contribution >= 4 is 23.7 Å². The highest BCUT2D eigenvalue weighted by Crippen LogP contribution is 2.19. The summed E-state index contributed by atoms with van der Waals surface area (Å²) >= 11 is 1.15. The molecule has 0 aliphatic heterocycles. The molecule has 21 heavy (non-hydrogen) atoms. The summed E-state index contributed by atoms with van der Waals surface area (Å²) < 4.78 is 0. The smallest absolute Gasteiger partial charge is 0.321 e. The van der Waals surface area contributed by atoms with E-state index in [9.17, 15) is 9.59 Å². The van der Waals surface area contributed by atoms with Gasteiger partial charge in [-0.15, -0.1) is 5.10 Å². The molecule has 1 aromatic carbocycles. The van der Waals surface area contributed by atoms with Gasteiger partial charge in [-0.25, -0.2) is 9.78 Å². The highest BCUT2D eigenvalue weighted by atomic mass is 32.2. The van der Waals surface area contributed by atoms with Crippen molar-refractivity contribution in [2.24, 2.45) is 0 Å². The van der Waals surface area contributed by atoms with Crippen molar-refractivity contribution in [1.82, 2.24) is 25.8 Å². The number of rotatable bonds is 4. The van der Waals surface area contributed by atoms with Gasteiger partial charge in [-0.1, -0.05) is 41.6 Å². The van der Waals surface area contributed by atoms with Crippen molar-refractivity contribution in [3.8, 4) is 11.4 Å². The zero-order valence-corrected chi connectivity index (χ0v) is 12.5. The van der Waals surface area contributed by atoms with Crippen LogP contribution in [0.2, 0.25) is 0 Å². The molecule has 0 fully saturated rings. The van der Waals surface area contributed by atoms with Crippen LogP contribution in [-0.4, -0.2) is 39.9 Å². The van der Waals surface area contributed by atoms with E-state index in [1.54, 1.807) is 0 Å². The molecule has 2 rings (SSSR count). The van der Waals surface area contributed by atoms with Gasteiger partial charge >= 0.3 is 6.03 Å². The van der Waals surface area contributed by atoms with E-state index in [1.165, 1.54) is 12.6 Å². The number of imide groups is 1. The van der Waals surface area contributed by atoms with Gasteiger partial charge in [-0.05, 0) is 6.92 Å². The molecule has 3 N–H and O–H groups in total. The minimum Gasteiger partial charge on any atom is -0.341 e. The average molecular weight is 305 g/mol. The van der Waals surface area contributed by atoms with Crippen molar-refractivity contribution in [2.45, 2.75) is 12.1 Å². The molecule has 8 heteroatoms. The van der Waals surface area contributed by atoms with Crippen LogP contribution in [-0.2, 0) is 4.79 Å². The van der Waals surface area contributed by atoms with Gasteiger partial charge < -0.3 is 5.32 Å². The Hall–Kier alpha value is -2.35. The predicted octanol–water partition coefficient (Wildman–Crippen LogP) is 1.33. The van der Waals surface area contributed by atoms with E-state index in [0.29, 0.717) is 11.0 Å². The molecule has 2 aromatic rings. The molecule has 1 aromatic heterocycles. The van der Waals surface area contributed by atoms with Gasteiger partial charge in [0.2, 0.25) is 11.1 Å². The fraction of sp³-hybridized carbons (Fsp3) is 0.231. The molecule has 0 aliphatic carbocycles. The summed E-state index contributed by atoms with van der Waals surface area (Å²) in [5.74, 6) is 0.309. The maximum Gasteiger partial charge on any atom is 0.321 e. The summed E-state index contributed by atoms with van der Waals surface area (Å²) in [5, 5.41) is 11.8. The Morgan fingerprint density at radius 3 is 2.67 bits per heavy atom. The van der Waals surface area contributed by atoms with E-state index in [4.69, 9.17) is 0 Å². The van der Waals surface area contributed by atoms with Crippen LogP contribution in [0.4, 0.5) is 4.79 Å². The fourth-order valence-electron chi connectivity index (χ4n) is 1.51. The number of nitrogens with zero attached hydrogens (tertiary/aromatic N) is 2. The van der Waals surface area contributed by atoms with Crippen molar-refractivity contribution < 1.29 is 9.59 Å². The van der Waals surface area contributed by atoms with Gasteiger partial charge in [0, 0.05) is 12.6 Å². The van der Waals surface area contributed by atoms with Crippen molar-refractivity contribution in [1.29, 1.82) is 0 Å². The number of carbonyl (C=O) groups is 2. The number of urea groups is 1. The summed E-state index contributed by atoms with van der Waals surface area (Å²) in [7, 11) is 1.44. The molecule has 0 unspecified atom stereocenters. The normalized spacial score (nSPS) is 10.2. The predicted molar refractivity (Wildman–Crippen MR) is 79.9 cm³/mol. The molecule has 0 bridgehead atoms. The molecule has 0 spiro atoms. The minimum absolute atomic E-state index is 0.0681. The first-order valence-electron chi connectivity index (χ1n) is 6.22. The maximum atomic E-state index is 11.4. The van der Waals surface area contributed by atoms with Crippen LogP contribution < -0.4 is 10.6 Å². The van der Waals surface area contributed by atoms with Gasteiger partial charge in [-0.3, -0.25) is 15.2 Å². The lowest BCUT2D eigenvalue weighted by Crippen LogP contribution is -2.38.